The van der Waals surface area contributed by atoms with Crippen molar-refractivity contribution in [3.63, 3.8) is 0 Å². The Morgan fingerprint density at radius 1 is 1.00 bits per heavy atom. The molecule has 170 valence electrons. The first-order valence-corrected chi connectivity index (χ1v) is 11.6. The Kier molecular flexibility index (Phi) is 7.21. The van der Waals surface area contributed by atoms with Gasteiger partial charge in [-0.25, -0.2) is 4.79 Å². The second-order valence-electron chi connectivity index (χ2n) is 8.19. The van der Waals surface area contributed by atoms with E-state index in [2.05, 4.69) is 18.3 Å². The van der Waals surface area contributed by atoms with E-state index in [-0.39, 0.29) is 24.4 Å². The lowest BCUT2D eigenvalue weighted by Gasteiger charge is -2.27. The van der Waals surface area contributed by atoms with Gasteiger partial charge in [0.2, 0.25) is 5.91 Å². The molecule has 0 fully saturated rings. The number of anilines is 2. The molecule has 1 aliphatic heterocycles. The molecule has 3 aromatic carbocycles. The number of benzene rings is 3. The molecule has 0 aliphatic carbocycles. The van der Waals surface area contributed by atoms with Gasteiger partial charge in [0.15, 0.2) is 0 Å². The molecule has 0 radical (unpaired) electrons. The lowest BCUT2D eigenvalue weighted by molar-refractivity contribution is -0.119. The Bertz CT molecular complexity index is 1150. The zero-order chi connectivity index (χ0) is 23.4. The van der Waals surface area contributed by atoms with Crippen LogP contribution < -0.4 is 10.2 Å². The van der Waals surface area contributed by atoms with Crippen molar-refractivity contribution in [1.29, 1.82) is 0 Å². The van der Waals surface area contributed by atoms with Crippen LogP contribution in [0.4, 0.5) is 16.2 Å². The van der Waals surface area contributed by atoms with Gasteiger partial charge in [-0.1, -0.05) is 78.7 Å². The number of amides is 3. The van der Waals surface area contributed by atoms with E-state index in [4.69, 9.17) is 23.2 Å². The first-order valence-electron chi connectivity index (χ1n) is 10.9. The van der Waals surface area contributed by atoms with E-state index in [0.717, 1.165) is 23.2 Å². The standard InChI is InChI=1S/C26H25Cl2N3O2/c1-18-13-14-30(26(33)29-20-11-12-22(27)23(28)15-20)17-25(32)31(16-19-7-3-2-4-8-19)24-10-6-5-9-21(18)24/h2-12,15,18H,13-14,16-17H2,1H3,(H,29,33). The van der Waals surface area contributed by atoms with E-state index < -0.39 is 0 Å². The summed E-state index contributed by atoms with van der Waals surface area (Å²) in [4.78, 5) is 30.0. The first-order chi connectivity index (χ1) is 15.9. The normalized spacial score (nSPS) is 16.5. The van der Waals surface area contributed by atoms with Crippen molar-refractivity contribution in [2.45, 2.75) is 25.8 Å². The van der Waals surface area contributed by atoms with Gasteiger partial charge in [0.1, 0.15) is 6.54 Å². The molecule has 0 aromatic heterocycles. The maximum atomic E-state index is 13.5. The summed E-state index contributed by atoms with van der Waals surface area (Å²) in [5.74, 6) is 0.0374. The van der Waals surface area contributed by atoms with Gasteiger partial charge in [-0.2, -0.15) is 0 Å². The largest absolute Gasteiger partial charge is 0.322 e. The number of urea groups is 1. The van der Waals surface area contributed by atoms with Gasteiger partial charge in [-0.15, -0.1) is 0 Å². The van der Waals surface area contributed by atoms with Crippen LogP contribution in [0, 0.1) is 0 Å². The van der Waals surface area contributed by atoms with E-state index in [0.29, 0.717) is 28.8 Å². The van der Waals surface area contributed by atoms with E-state index in [1.54, 1.807) is 28.0 Å². The zero-order valence-corrected chi connectivity index (χ0v) is 19.8. The second kappa shape index (κ2) is 10.3. The maximum absolute atomic E-state index is 13.5. The molecular weight excluding hydrogens is 457 g/mol. The average molecular weight is 482 g/mol. The Hall–Kier alpha value is -3.02. The van der Waals surface area contributed by atoms with Crippen molar-refractivity contribution in [1.82, 2.24) is 4.90 Å². The number of carbonyl (C=O) groups is 2. The predicted molar refractivity (Wildman–Crippen MR) is 134 cm³/mol. The topological polar surface area (TPSA) is 52.7 Å². The summed E-state index contributed by atoms with van der Waals surface area (Å²) in [5.41, 5.74) is 3.55. The lowest BCUT2D eigenvalue weighted by atomic mass is 9.95. The minimum Gasteiger partial charge on any atom is -0.315 e. The number of nitrogens with one attached hydrogen (secondary N) is 1. The van der Waals surface area contributed by atoms with Crippen LogP contribution >= 0.6 is 23.2 Å². The summed E-state index contributed by atoms with van der Waals surface area (Å²) in [5, 5.41) is 3.61. The fourth-order valence-corrected chi connectivity index (χ4v) is 4.30. The zero-order valence-electron chi connectivity index (χ0n) is 18.3. The third kappa shape index (κ3) is 5.49. The molecular formula is C26H25Cl2N3O2. The molecule has 0 bridgehead atoms. The SMILES string of the molecule is CC1CCN(C(=O)Nc2ccc(Cl)c(Cl)c2)CC(=O)N(Cc2ccccc2)c2ccccc21. The van der Waals surface area contributed by atoms with Gasteiger partial charge in [0.25, 0.3) is 0 Å². The molecule has 1 atom stereocenters. The number of carbonyl (C=O) groups excluding carboxylic acids is 2. The monoisotopic (exact) mass is 481 g/mol. The van der Waals surface area contributed by atoms with Gasteiger partial charge in [0, 0.05) is 17.9 Å². The number of fused-ring (bicyclic) bond motifs is 1. The van der Waals surface area contributed by atoms with E-state index >= 15 is 0 Å². The highest BCUT2D eigenvalue weighted by molar-refractivity contribution is 6.42. The Morgan fingerprint density at radius 2 is 1.73 bits per heavy atom. The van der Waals surface area contributed by atoms with Crippen molar-refractivity contribution in [3.8, 4) is 0 Å². The van der Waals surface area contributed by atoms with Crippen LogP contribution in [0.1, 0.15) is 30.4 Å². The Morgan fingerprint density at radius 3 is 2.48 bits per heavy atom. The molecule has 0 spiro atoms. The maximum Gasteiger partial charge on any atom is 0.322 e. The lowest BCUT2D eigenvalue weighted by Crippen LogP contribution is -2.44. The molecule has 3 amide bonds. The summed E-state index contributed by atoms with van der Waals surface area (Å²) in [6.07, 6.45) is 0.734. The molecule has 5 nitrogen and oxygen atoms in total. The number of hydrogen-bond donors (Lipinski definition) is 1. The molecule has 1 N–H and O–H groups in total. The van der Waals surface area contributed by atoms with Crippen molar-refractivity contribution in [2.75, 3.05) is 23.3 Å². The molecule has 3 aromatic rings. The Balaban J connectivity index is 1.62. The van der Waals surface area contributed by atoms with Crippen LogP contribution in [0.2, 0.25) is 10.0 Å². The number of nitrogens with zero attached hydrogens (tertiary/aromatic N) is 2. The van der Waals surface area contributed by atoms with Gasteiger partial charge >= 0.3 is 6.03 Å². The van der Waals surface area contributed by atoms with Crippen molar-refractivity contribution in [2.24, 2.45) is 0 Å². The molecule has 0 saturated carbocycles. The van der Waals surface area contributed by atoms with Gasteiger partial charge in [-0.05, 0) is 47.7 Å². The molecule has 1 unspecified atom stereocenters. The summed E-state index contributed by atoms with van der Waals surface area (Å²) in [7, 11) is 0. The third-order valence-corrected chi connectivity index (χ3v) is 6.60. The van der Waals surface area contributed by atoms with Crippen LogP contribution in [0.3, 0.4) is 0 Å². The fraction of sp³-hybridized carbons (Fsp3) is 0.231. The average Bonchev–Trinajstić information content (AvgIpc) is 2.87. The predicted octanol–water partition coefficient (Wildman–Crippen LogP) is 6.57. The van der Waals surface area contributed by atoms with Gasteiger partial charge in [0.05, 0.1) is 16.6 Å². The van der Waals surface area contributed by atoms with Crippen LogP contribution in [0.25, 0.3) is 0 Å². The highest BCUT2D eigenvalue weighted by Crippen LogP contribution is 2.32. The van der Waals surface area contributed by atoms with Crippen LogP contribution in [0.15, 0.2) is 72.8 Å². The number of hydrogen-bond acceptors (Lipinski definition) is 2. The quantitative estimate of drug-likeness (QED) is 0.459. The molecule has 33 heavy (non-hydrogen) atoms. The van der Waals surface area contributed by atoms with Crippen molar-refractivity contribution >= 4 is 46.5 Å². The molecule has 1 heterocycles. The minimum atomic E-state index is -0.348. The summed E-state index contributed by atoms with van der Waals surface area (Å²) in [6.45, 7) is 2.99. The van der Waals surface area contributed by atoms with Crippen molar-refractivity contribution < 1.29 is 9.59 Å². The summed E-state index contributed by atoms with van der Waals surface area (Å²) in [6, 6.07) is 22.4. The molecule has 7 heteroatoms. The minimum absolute atomic E-state index is 0.0267. The van der Waals surface area contributed by atoms with Crippen LogP contribution in [-0.4, -0.2) is 29.9 Å². The second-order valence-corrected chi connectivity index (χ2v) is 9.01. The van der Waals surface area contributed by atoms with Gasteiger partial charge in [-0.3, -0.25) is 4.79 Å². The van der Waals surface area contributed by atoms with Gasteiger partial charge < -0.3 is 15.1 Å². The third-order valence-electron chi connectivity index (χ3n) is 5.86. The number of rotatable bonds is 3. The molecule has 1 aliphatic rings. The van der Waals surface area contributed by atoms with E-state index in [1.807, 2.05) is 48.5 Å². The fourth-order valence-electron chi connectivity index (χ4n) is 4.01. The molecule has 4 rings (SSSR count). The van der Waals surface area contributed by atoms with Crippen LogP contribution in [0.5, 0.6) is 0 Å². The smallest absolute Gasteiger partial charge is 0.315 e. The number of halogens is 2. The van der Waals surface area contributed by atoms with E-state index in [1.165, 1.54) is 0 Å². The number of para-hydroxylation sites is 1. The van der Waals surface area contributed by atoms with E-state index in [9.17, 15) is 9.59 Å². The first kappa shape index (κ1) is 23.1. The highest BCUT2D eigenvalue weighted by atomic mass is 35.5. The summed E-state index contributed by atoms with van der Waals surface area (Å²) < 4.78 is 0. The Labute approximate surface area is 203 Å². The highest BCUT2D eigenvalue weighted by Gasteiger charge is 2.28. The molecule has 0 saturated heterocycles. The van der Waals surface area contributed by atoms with Crippen molar-refractivity contribution in [3.05, 3.63) is 94.0 Å². The van der Waals surface area contributed by atoms with Crippen LogP contribution in [-0.2, 0) is 11.3 Å². The summed E-state index contributed by atoms with van der Waals surface area (Å²) >= 11 is 12.1.